The van der Waals surface area contributed by atoms with Crippen LogP contribution in [0.2, 0.25) is 0 Å². The van der Waals surface area contributed by atoms with E-state index in [0.717, 1.165) is 10.7 Å². The lowest BCUT2D eigenvalue weighted by Crippen LogP contribution is -2.03. The Morgan fingerprint density at radius 1 is 1.56 bits per heavy atom. The molecule has 0 amide bonds. The molecule has 90 valence electrons. The summed E-state index contributed by atoms with van der Waals surface area (Å²) in [5.74, 6) is -1.98. The van der Waals surface area contributed by atoms with Gasteiger partial charge in [-0.15, -0.1) is 0 Å². The van der Waals surface area contributed by atoms with Gasteiger partial charge in [-0.1, -0.05) is 0 Å². The summed E-state index contributed by atoms with van der Waals surface area (Å²) in [6, 6.07) is 5.55. The highest BCUT2D eigenvalue weighted by Crippen LogP contribution is 2.18. The number of carbonyl (C=O) groups is 1. The number of hydrogen-bond donors (Lipinski definition) is 2. The van der Waals surface area contributed by atoms with Crippen molar-refractivity contribution in [1.82, 2.24) is 9.78 Å². The number of hydrogen-bond acceptors (Lipinski definition) is 4. The van der Waals surface area contributed by atoms with Crippen molar-refractivity contribution in [1.29, 1.82) is 5.26 Å². The highest BCUT2D eigenvalue weighted by molar-refractivity contribution is 5.91. The number of nitrogens with zero attached hydrogens (tertiary/aromatic N) is 3. The molecule has 0 aliphatic carbocycles. The molecule has 6 nitrogen and oxygen atoms in total. The molecular weight excluding hydrogens is 239 g/mol. The molecule has 2 aromatic rings. The normalized spacial score (nSPS) is 10.0. The number of carboxylic acids is 1. The second-order valence-corrected chi connectivity index (χ2v) is 3.46. The van der Waals surface area contributed by atoms with E-state index in [1.807, 2.05) is 0 Å². The minimum absolute atomic E-state index is 0.0215. The number of nitrogen functional groups attached to an aromatic ring is 1. The molecule has 0 saturated heterocycles. The molecule has 7 heteroatoms. The highest BCUT2D eigenvalue weighted by Gasteiger charge is 2.15. The van der Waals surface area contributed by atoms with Crippen LogP contribution in [0, 0.1) is 17.1 Å². The van der Waals surface area contributed by atoms with Crippen LogP contribution in [0.5, 0.6) is 0 Å². The number of nitrogens with two attached hydrogens (primary N) is 1. The van der Waals surface area contributed by atoms with E-state index in [-0.39, 0.29) is 22.6 Å². The minimum Gasteiger partial charge on any atom is -0.476 e. The fraction of sp³-hybridized carbons (Fsp3) is 0. The van der Waals surface area contributed by atoms with E-state index in [1.54, 1.807) is 6.07 Å². The van der Waals surface area contributed by atoms with Gasteiger partial charge in [-0.25, -0.2) is 13.9 Å². The Hall–Kier alpha value is -2.88. The second kappa shape index (κ2) is 4.18. The number of rotatable bonds is 2. The molecule has 1 heterocycles. The summed E-state index contributed by atoms with van der Waals surface area (Å²) in [6.45, 7) is 0. The number of aromatic carboxylic acids is 1. The largest absolute Gasteiger partial charge is 0.476 e. The molecule has 0 radical (unpaired) electrons. The molecule has 0 aliphatic rings. The third-order valence-electron chi connectivity index (χ3n) is 2.27. The number of halogens is 1. The molecule has 0 unspecified atom stereocenters. The van der Waals surface area contributed by atoms with Gasteiger partial charge in [0.1, 0.15) is 11.5 Å². The lowest BCUT2D eigenvalue weighted by molar-refractivity contribution is 0.0691. The lowest BCUT2D eigenvalue weighted by Gasteiger charge is -2.02. The van der Waals surface area contributed by atoms with Crippen LogP contribution in [0.4, 0.5) is 10.1 Å². The van der Waals surface area contributed by atoms with E-state index in [9.17, 15) is 9.18 Å². The lowest BCUT2D eigenvalue weighted by atomic mass is 10.2. The minimum atomic E-state index is -1.29. The van der Waals surface area contributed by atoms with Crippen LogP contribution in [-0.2, 0) is 0 Å². The molecule has 18 heavy (non-hydrogen) atoms. The Balaban J connectivity index is 2.53. The van der Waals surface area contributed by atoms with Gasteiger partial charge in [-0.05, 0) is 18.2 Å². The average molecular weight is 246 g/mol. The fourth-order valence-corrected chi connectivity index (χ4v) is 1.44. The maximum atomic E-state index is 13.7. The standard InChI is InChI=1S/C11H7FN4O2/c12-7-3-6(4-13)1-2-9(7)16-5-8(14)10(15-16)11(17)18/h1-3,5H,14H2,(H,17,18). The van der Waals surface area contributed by atoms with Crippen LogP contribution in [0.1, 0.15) is 16.1 Å². The summed E-state index contributed by atoms with van der Waals surface area (Å²) in [5, 5.41) is 21.1. The zero-order valence-electron chi connectivity index (χ0n) is 8.96. The van der Waals surface area contributed by atoms with Gasteiger partial charge in [-0.3, -0.25) is 0 Å². The zero-order valence-corrected chi connectivity index (χ0v) is 8.96. The van der Waals surface area contributed by atoms with E-state index < -0.39 is 11.8 Å². The summed E-state index contributed by atoms with van der Waals surface area (Å²) in [7, 11) is 0. The molecule has 2 rings (SSSR count). The Morgan fingerprint density at radius 2 is 2.28 bits per heavy atom. The highest BCUT2D eigenvalue weighted by atomic mass is 19.1. The average Bonchev–Trinajstić information content (AvgIpc) is 2.71. The van der Waals surface area contributed by atoms with Gasteiger partial charge in [0.05, 0.1) is 23.5 Å². The number of benzene rings is 1. The van der Waals surface area contributed by atoms with Crippen LogP contribution in [-0.4, -0.2) is 20.9 Å². The van der Waals surface area contributed by atoms with E-state index in [2.05, 4.69) is 5.10 Å². The van der Waals surface area contributed by atoms with Gasteiger partial charge in [0, 0.05) is 0 Å². The van der Waals surface area contributed by atoms with E-state index in [4.69, 9.17) is 16.1 Å². The van der Waals surface area contributed by atoms with Crippen molar-refractivity contribution < 1.29 is 14.3 Å². The van der Waals surface area contributed by atoms with Crippen molar-refractivity contribution in [3.05, 3.63) is 41.5 Å². The Bertz CT molecular complexity index is 672. The molecule has 0 spiro atoms. The van der Waals surface area contributed by atoms with Gasteiger partial charge in [0.15, 0.2) is 5.69 Å². The summed E-state index contributed by atoms with van der Waals surface area (Å²) < 4.78 is 14.7. The number of aromatic nitrogens is 2. The summed E-state index contributed by atoms with van der Waals surface area (Å²) in [5.41, 5.74) is 5.22. The number of nitriles is 1. The maximum absolute atomic E-state index is 13.7. The molecule has 0 atom stereocenters. The number of carboxylic acid groups (broad SMARTS) is 1. The third-order valence-corrected chi connectivity index (χ3v) is 2.27. The van der Waals surface area contributed by atoms with Crippen molar-refractivity contribution in [2.45, 2.75) is 0 Å². The van der Waals surface area contributed by atoms with Crippen LogP contribution in [0.3, 0.4) is 0 Å². The summed E-state index contributed by atoms with van der Waals surface area (Å²) >= 11 is 0. The van der Waals surface area contributed by atoms with Crippen LogP contribution in [0.25, 0.3) is 5.69 Å². The molecule has 3 N–H and O–H groups in total. The number of anilines is 1. The Labute approximate surface area is 101 Å². The van der Waals surface area contributed by atoms with Crippen molar-refractivity contribution >= 4 is 11.7 Å². The smallest absolute Gasteiger partial charge is 0.358 e. The molecular formula is C11H7FN4O2. The maximum Gasteiger partial charge on any atom is 0.358 e. The SMILES string of the molecule is N#Cc1ccc(-n2cc(N)c(C(=O)O)n2)c(F)c1. The first kappa shape index (κ1) is 11.6. The molecule has 0 fully saturated rings. The van der Waals surface area contributed by atoms with Crippen molar-refractivity contribution in [3.8, 4) is 11.8 Å². The Kier molecular flexibility index (Phi) is 2.69. The van der Waals surface area contributed by atoms with Crippen LogP contribution in [0.15, 0.2) is 24.4 Å². The quantitative estimate of drug-likeness (QED) is 0.827. The monoisotopic (exact) mass is 246 g/mol. The molecule has 1 aromatic carbocycles. The topological polar surface area (TPSA) is 105 Å². The van der Waals surface area contributed by atoms with Crippen LogP contribution < -0.4 is 5.73 Å². The van der Waals surface area contributed by atoms with Gasteiger partial charge in [-0.2, -0.15) is 10.4 Å². The summed E-state index contributed by atoms with van der Waals surface area (Å²) in [4.78, 5) is 10.8. The van der Waals surface area contributed by atoms with Gasteiger partial charge in [0.2, 0.25) is 0 Å². The van der Waals surface area contributed by atoms with Crippen LogP contribution >= 0.6 is 0 Å². The molecule has 0 bridgehead atoms. The predicted octanol–water partition coefficient (Wildman–Crippen LogP) is 1.16. The van der Waals surface area contributed by atoms with Crippen molar-refractivity contribution in [2.24, 2.45) is 0 Å². The third kappa shape index (κ3) is 1.87. The first-order valence-corrected chi connectivity index (χ1v) is 4.81. The zero-order chi connectivity index (χ0) is 13.3. The predicted molar refractivity (Wildman–Crippen MR) is 59.6 cm³/mol. The molecule has 0 aliphatic heterocycles. The van der Waals surface area contributed by atoms with Gasteiger partial charge in [0.25, 0.3) is 0 Å². The van der Waals surface area contributed by atoms with E-state index in [1.165, 1.54) is 18.3 Å². The van der Waals surface area contributed by atoms with E-state index >= 15 is 0 Å². The van der Waals surface area contributed by atoms with Gasteiger partial charge < -0.3 is 10.8 Å². The second-order valence-electron chi connectivity index (χ2n) is 3.46. The van der Waals surface area contributed by atoms with E-state index in [0.29, 0.717) is 0 Å². The van der Waals surface area contributed by atoms with Crippen molar-refractivity contribution in [2.75, 3.05) is 5.73 Å². The Morgan fingerprint density at radius 3 is 2.78 bits per heavy atom. The first-order valence-electron chi connectivity index (χ1n) is 4.81. The van der Waals surface area contributed by atoms with Crippen molar-refractivity contribution in [3.63, 3.8) is 0 Å². The first-order chi connectivity index (χ1) is 8.52. The molecule has 0 saturated carbocycles. The molecule has 1 aromatic heterocycles. The summed E-state index contributed by atoms with van der Waals surface area (Å²) in [6.07, 6.45) is 1.20. The van der Waals surface area contributed by atoms with Gasteiger partial charge >= 0.3 is 5.97 Å². The fourth-order valence-electron chi connectivity index (χ4n) is 1.44.